The summed E-state index contributed by atoms with van der Waals surface area (Å²) in [5.74, 6) is 1.32. The van der Waals surface area contributed by atoms with E-state index < -0.39 is 0 Å². The molecular weight excluding hydrogens is 240 g/mol. The number of pyridine rings is 1. The second-order valence-corrected chi connectivity index (χ2v) is 5.30. The molecule has 0 unspecified atom stereocenters. The Bertz CT molecular complexity index is 427. The first-order chi connectivity index (χ1) is 9.16. The van der Waals surface area contributed by atoms with Crippen LogP contribution in [0.3, 0.4) is 0 Å². The van der Waals surface area contributed by atoms with E-state index in [0.29, 0.717) is 12.5 Å². The van der Waals surface area contributed by atoms with Crippen LogP contribution in [0.15, 0.2) is 18.3 Å². The minimum Gasteiger partial charge on any atom is -0.355 e. The van der Waals surface area contributed by atoms with Crippen molar-refractivity contribution < 1.29 is 4.79 Å². The minimum absolute atomic E-state index is 0.165. The van der Waals surface area contributed by atoms with Crippen molar-refractivity contribution in [2.45, 2.75) is 26.7 Å². The van der Waals surface area contributed by atoms with E-state index >= 15 is 0 Å². The average Bonchev–Trinajstić information content (AvgIpc) is 2.91. The maximum absolute atomic E-state index is 11.8. The van der Waals surface area contributed by atoms with Crippen LogP contribution in [-0.2, 0) is 0 Å². The van der Waals surface area contributed by atoms with Crippen molar-refractivity contribution >= 4 is 17.5 Å². The lowest BCUT2D eigenvalue weighted by atomic mass is 10.2. The summed E-state index contributed by atoms with van der Waals surface area (Å²) in [4.78, 5) is 18.4. The first-order valence-corrected chi connectivity index (χ1v) is 6.91. The van der Waals surface area contributed by atoms with Gasteiger partial charge in [-0.1, -0.05) is 13.8 Å². The third kappa shape index (κ3) is 3.84. The molecular formula is C14H22N4O. The first kappa shape index (κ1) is 13.6. The molecule has 1 fully saturated rings. The van der Waals surface area contributed by atoms with Crippen molar-refractivity contribution in [2.24, 2.45) is 5.92 Å². The predicted molar refractivity (Wildman–Crippen MR) is 77.5 cm³/mol. The van der Waals surface area contributed by atoms with E-state index in [2.05, 4.69) is 34.4 Å². The quantitative estimate of drug-likeness (QED) is 0.876. The Morgan fingerprint density at radius 2 is 2.16 bits per heavy atom. The monoisotopic (exact) mass is 262 g/mol. The third-order valence-corrected chi connectivity index (χ3v) is 3.11. The molecule has 1 aliphatic rings. The predicted octanol–water partition coefficient (Wildman–Crippen LogP) is 2.46. The first-order valence-electron chi connectivity index (χ1n) is 6.91. The Morgan fingerprint density at radius 1 is 1.42 bits per heavy atom. The van der Waals surface area contributed by atoms with E-state index in [-0.39, 0.29) is 6.03 Å². The van der Waals surface area contributed by atoms with Gasteiger partial charge in [0.25, 0.3) is 0 Å². The van der Waals surface area contributed by atoms with Crippen molar-refractivity contribution in [1.82, 2.24) is 10.3 Å². The fourth-order valence-electron chi connectivity index (χ4n) is 2.14. The molecule has 0 radical (unpaired) electrons. The van der Waals surface area contributed by atoms with Crippen LogP contribution in [0, 0.1) is 5.92 Å². The molecule has 0 aliphatic carbocycles. The number of nitrogens with zero attached hydrogens (tertiary/aromatic N) is 2. The van der Waals surface area contributed by atoms with Crippen molar-refractivity contribution in [3.8, 4) is 0 Å². The molecule has 19 heavy (non-hydrogen) atoms. The number of hydrogen-bond donors (Lipinski definition) is 2. The number of urea groups is 1. The zero-order valence-corrected chi connectivity index (χ0v) is 11.6. The van der Waals surface area contributed by atoms with Gasteiger partial charge in [-0.25, -0.2) is 9.78 Å². The number of aromatic nitrogens is 1. The highest BCUT2D eigenvalue weighted by molar-refractivity contribution is 5.92. The Morgan fingerprint density at radius 3 is 2.84 bits per heavy atom. The second-order valence-electron chi connectivity index (χ2n) is 5.30. The summed E-state index contributed by atoms with van der Waals surface area (Å²) in [7, 11) is 0. The molecule has 104 valence electrons. The van der Waals surface area contributed by atoms with Crippen molar-refractivity contribution in [2.75, 3.05) is 29.9 Å². The number of anilines is 2. The maximum Gasteiger partial charge on any atom is 0.319 e. The van der Waals surface area contributed by atoms with Crippen molar-refractivity contribution in [3.63, 3.8) is 0 Å². The van der Waals surface area contributed by atoms with Gasteiger partial charge in [-0.05, 0) is 30.9 Å². The van der Waals surface area contributed by atoms with E-state index in [1.54, 1.807) is 6.20 Å². The lowest BCUT2D eigenvalue weighted by molar-refractivity contribution is 0.251. The van der Waals surface area contributed by atoms with Gasteiger partial charge in [0, 0.05) is 25.8 Å². The molecule has 0 saturated carbocycles. The van der Waals surface area contributed by atoms with Crippen LogP contribution in [0.2, 0.25) is 0 Å². The van der Waals surface area contributed by atoms with Crippen LogP contribution in [0.4, 0.5) is 16.3 Å². The minimum atomic E-state index is -0.165. The molecule has 1 aromatic heterocycles. The van der Waals surface area contributed by atoms with Crippen molar-refractivity contribution in [3.05, 3.63) is 18.3 Å². The molecule has 0 aromatic carbocycles. The highest BCUT2D eigenvalue weighted by Crippen LogP contribution is 2.25. The van der Waals surface area contributed by atoms with E-state index in [1.807, 2.05) is 12.1 Å². The number of hydrogen-bond acceptors (Lipinski definition) is 3. The van der Waals surface area contributed by atoms with E-state index in [1.165, 1.54) is 12.8 Å². The summed E-state index contributed by atoms with van der Waals surface area (Å²) in [5.41, 5.74) is 0.783. The molecule has 2 N–H and O–H groups in total. The maximum atomic E-state index is 11.8. The van der Waals surface area contributed by atoms with E-state index in [0.717, 1.165) is 24.6 Å². The molecule has 2 heterocycles. The van der Waals surface area contributed by atoms with Crippen LogP contribution in [0.5, 0.6) is 0 Å². The molecule has 1 aliphatic heterocycles. The molecule has 5 nitrogen and oxygen atoms in total. The summed E-state index contributed by atoms with van der Waals surface area (Å²) in [5, 5.41) is 5.74. The van der Waals surface area contributed by atoms with Gasteiger partial charge in [0.05, 0.1) is 5.69 Å². The molecule has 5 heteroatoms. The zero-order valence-electron chi connectivity index (χ0n) is 11.6. The number of carbonyl (C=O) groups is 1. The van der Waals surface area contributed by atoms with E-state index in [4.69, 9.17) is 0 Å². The van der Waals surface area contributed by atoms with Gasteiger partial charge in [-0.15, -0.1) is 0 Å². The Balaban J connectivity index is 2.01. The van der Waals surface area contributed by atoms with Gasteiger partial charge in [-0.2, -0.15) is 0 Å². The fraction of sp³-hybridized carbons (Fsp3) is 0.571. The normalized spacial score (nSPS) is 14.8. The van der Waals surface area contributed by atoms with Crippen LogP contribution >= 0.6 is 0 Å². The fourth-order valence-corrected chi connectivity index (χ4v) is 2.14. The third-order valence-electron chi connectivity index (χ3n) is 3.11. The Labute approximate surface area is 114 Å². The van der Waals surface area contributed by atoms with Crippen LogP contribution in [-0.4, -0.2) is 30.6 Å². The zero-order chi connectivity index (χ0) is 13.7. The highest BCUT2D eigenvalue weighted by Gasteiger charge is 2.17. The lowest BCUT2D eigenvalue weighted by Gasteiger charge is -2.20. The smallest absolute Gasteiger partial charge is 0.319 e. The Hall–Kier alpha value is -1.78. The van der Waals surface area contributed by atoms with Crippen LogP contribution < -0.4 is 15.5 Å². The topological polar surface area (TPSA) is 57.3 Å². The number of nitrogens with one attached hydrogen (secondary N) is 2. The van der Waals surface area contributed by atoms with Crippen molar-refractivity contribution in [1.29, 1.82) is 0 Å². The summed E-state index contributed by atoms with van der Waals surface area (Å²) >= 11 is 0. The summed E-state index contributed by atoms with van der Waals surface area (Å²) in [6, 6.07) is 3.58. The standard InChI is InChI=1S/C14H22N4O/c1-11(2)10-16-14(19)17-12-6-5-7-15-13(12)18-8-3-4-9-18/h5-7,11H,3-4,8-10H2,1-2H3,(H2,16,17,19). The number of amides is 2. The number of rotatable bonds is 4. The van der Waals surface area contributed by atoms with Gasteiger partial charge in [0.15, 0.2) is 5.82 Å². The highest BCUT2D eigenvalue weighted by atomic mass is 16.2. The molecule has 0 spiro atoms. The lowest BCUT2D eigenvalue weighted by Crippen LogP contribution is -2.32. The van der Waals surface area contributed by atoms with E-state index in [9.17, 15) is 4.79 Å². The van der Waals surface area contributed by atoms with Gasteiger partial charge < -0.3 is 15.5 Å². The number of carbonyl (C=O) groups excluding carboxylic acids is 1. The molecule has 2 rings (SSSR count). The van der Waals surface area contributed by atoms with Gasteiger partial charge in [0.1, 0.15) is 0 Å². The summed E-state index contributed by atoms with van der Waals surface area (Å²) < 4.78 is 0. The summed E-state index contributed by atoms with van der Waals surface area (Å²) in [6.45, 7) is 6.84. The summed E-state index contributed by atoms with van der Waals surface area (Å²) in [6.07, 6.45) is 4.15. The molecule has 0 atom stereocenters. The second kappa shape index (κ2) is 6.41. The van der Waals surface area contributed by atoms with Crippen LogP contribution in [0.25, 0.3) is 0 Å². The van der Waals surface area contributed by atoms with Gasteiger partial charge in [-0.3, -0.25) is 0 Å². The molecule has 1 saturated heterocycles. The molecule has 1 aromatic rings. The largest absolute Gasteiger partial charge is 0.355 e. The van der Waals surface area contributed by atoms with Gasteiger partial charge >= 0.3 is 6.03 Å². The SMILES string of the molecule is CC(C)CNC(=O)Nc1cccnc1N1CCCC1. The average molecular weight is 262 g/mol. The Kier molecular flexibility index (Phi) is 4.60. The molecule has 0 bridgehead atoms. The van der Waals surface area contributed by atoms with Crippen LogP contribution in [0.1, 0.15) is 26.7 Å². The molecule has 2 amide bonds. The van der Waals surface area contributed by atoms with Gasteiger partial charge in [0.2, 0.25) is 0 Å².